The van der Waals surface area contributed by atoms with E-state index in [1.54, 1.807) is 12.1 Å². The molecule has 0 aromatic heterocycles. The van der Waals surface area contributed by atoms with Crippen LogP contribution in [-0.4, -0.2) is 27.6 Å². The third-order valence-corrected chi connectivity index (χ3v) is 3.43. The zero-order chi connectivity index (χ0) is 15.0. The van der Waals surface area contributed by atoms with Crippen LogP contribution in [0.2, 0.25) is 0 Å². The second-order valence-electron chi connectivity index (χ2n) is 4.88. The third-order valence-electron chi connectivity index (χ3n) is 3.43. The molecule has 1 aliphatic carbocycles. The van der Waals surface area contributed by atoms with E-state index >= 15 is 0 Å². The average Bonchev–Trinajstić information content (AvgIpc) is 2.67. The molecule has 0 spiro atoms. The number of aliphatic hydroxyl groups is 2. The first-order valence-corrected chi connectivity index (χ1v) is 6.41. The summed E-state index contributed by atoms with van der Waals surface area (Å²) in [6.45, 7) is 0. The van der Waals surface area contributed by atoms with Gasteiger partial charge in [-0.15, -0.1) is 0 Å². The molecule has 2 aromatic rings. The van der Waals surface area contributed by atoms with Crippen molar-refractivity contribution in [3.8, 4) is 0 Å². The molecule has 0 bridgehead atoms. The van der Waals surface area contributed by atoms with Gasteiger partial charge in [-0.05, 0) is 23.3 Å². The molecule has 0 heterocycles. The fraction of sp³-hybridized carbons (Fsp3) is 0.0588. The molecule has 0 unspecified atom stereocenters. The molecule has 2 N–H and O–H groups in total. The summed E-state index contributed by atoms with van der Waals surface area (Å²) < 4.78 is 0. The molecule has 0 fully saturated rings. The van der Waals surface area contributed by atoms with Crippen molar-refractivity contribution < 1.29 is 19.8 Å². The van der Waals surface area contributed by atoms with Crippen molar-refractivity contribution in [1.82, 2.24) is 0 Å². The smallest absolute Gasteiger partial charge is 0.295 e. The van der Waals surface area contributed by atoms with Gasteiger partial charge in [-0.1, -0.05) is 48.6 Å². The predicted octanol–water partition coefficient (Wildman–Crippen LogP) is 1.92. The fourth-order valence-corrected chi connectivity index (χ4v) is 2.29. The highest BCUT2D eigenvalue weighted by molar-refractivity contribution is 6.30. The Balaban J connectivity index is 1.96. The van der Waals surface area contributed by atoms with E-state index in [1.807, 2.05) is 36.4 Å². The molecule has 1 aliphatic rings. The first-order chi connectivity index (χ1) is 10.00. The molecule has 0 atom stereocenters. The summed E-state index contributed by atoms with van der Waals surface area (Å²) in [5, 5.41) is 19.0. The van der Waals surface area contributed by atoms with Crippen LogP contribution in [0.5, 0.6) is 0 Å². The number of benzene rings is 2. The van der Waals surface area contributed by atoms with E-state index in [2.05, 4.69) is 0 Å². The quantitative estimate of drug-likeness (QED) is 0.500. The van der Waals surface area contributed by atoms with Crippen molar-refractivity contribution in [1.29, 1.82) is 0 Å². The van der Waals surface area contributed by atoms with Crippen molar-refractivity contribution >= 4 is 23.7 Å². The molecule has 21 heavy (non-hydrogen) atoms. The molecular formula is C17H12O4. The highest BCUT2D eigenvalue weighted by Gasteiger charge is 2.50. The minimum atomic E-state index is -2.93. The maximum atomic E-state index is 11.8. The predicted molar refractivity (Wildman–Crippen MR) is 77.6 cm³/mol. The van der Waals surface area contributed by atoms with Crippen LogP contribution in [0.4, 0.5) is 0 Å². The van der Waals surface area contributed by atoms with Crippen LogP contribution in [0.25, 0.3) is 12.2 Å². The summed E-state index contributed by atoms with van der Waals surface area (Å²) in [5.41, 5.74) is 1.79. The molecule has 104 valence electrons. The minimum absolute atomic E-state index is 0.0419. The van der Waals surface area contributed by atoms with Gasteiger partial charge in [-0.25, -0.2) is 0 Å². The third kappa shape index (κ3) is 2.20. The summed E-state index contributed by atoms with van der Waals surface area (Å²) in [4.78, 5) is 23.5. The molecular weight excluding hydrogens is 268 g/mol. The van der Waals surface area contributed by atoms with Gasteiger partial charge in [0.25, 0.3) is 5.79 Å². The topological polar surface area (TPSA) is 74.6 Å². The van der Waals surface area contributed by atoms with Gasteiger partial charge in [0, 0.05) is 11.1 Å². The van der Waals surface area contributed by atoms with Gasteiger partial charge in [-0.2, -0.15) is 0 Å². The lowest BCUT2D eigenvalue weighted by Crippen LogP contribution is -2.40. The van der Waals surface area contributed by atoms with Gasteiger partial charge in [-0.3, -0.25) is 9.59 Å². The number of carbonyl (C=O) groups excluding carboxylic acids is 2. The van der Waals surface area contributed by atoms with Gasteiger partial charge < -0.3 is 10.2 Å². The summed E-state index contributed by atoms with van der Waals surface area (Å²) in [5.74, 6) is -4.87. The molecule has 3 rings (SSSR count). The van der Waals surface area contributed by atoms with E-state index in [0.717, 1.165) is 5.56 Å². The van der Waals surface area contributed by atoms with E-state index in [0.29, 0.717) is 5.56 Å². The molecule has 0 amide bonds. The molecule has 0 aliphatic heterocycles. The zero-order valence-electron chi connectivity index (χ0n) is 11.0. The zero-order valence-corrected chi connectivity index (χ0v) is 11.0. The Morgan fingerprint density at radius 1 is 0.762 bits per heavy atom. The Morgan fingerprint density at radius 2 is 1.38 bits per heavy atom. The Kier molecular flexibility index (Phi) is 3.05. The van der Waals surface area contributed by atoms with Crippen LogP contribution >= 0.6 is 0 Å². The fourth-order valence-electron chi connectivity index (χ4n) is 2.29. The van der Waals surface area contributed by atoms with Gasteiger partial charge in [0.15, 0.2) is 0 Å². The molecule has 0 radical (unpaired) electrons. The van der Waals surface area contributed by atoms with Gasteiger partial charge >= 0.3 is 0 Å². The molecule has 2 aromatic carbocycles. The van der Waals surface area contributed by atoms with Crippen molar-refractivity contribution in [2.75, 3.05) is 0 Å². The SMILES string of the molecule is O=C1c2ccc(/C=C/c3ccccc3)cc2C(=O)C1(O)O. The monoisotopic (exact) mass is 280 g/mol. The van der Waals surface area contributed by atoms with E-state index in [-0.39, 0.29) is 11.1 Å². The number of carbonyl (C=O) groups is 2. The van der Waals surface area contributed by atoms with Crippen LogP contribution in [0.3, 0.4) is 0 Å². The van der Waals surface area contributed by atoms with Crippen molar-refractivity contribution in [3.05, 3.63) is 70.8 Å². The lowest BCUT2D eigenvalue weighted by molar-refractivity contribution is -0.0857. The Hall–Kier alpha value is -2.56. The molecule has 4 heteroatoms. The Morgan fingerprint density at radius 3 is 2.10 bits per heavy atom. The first-order valence-electron chi connectivity index (χ1n) is 6.41. The summed E-state index contributed by atoms with van der Waals surface area (Å²) in [6, 6.07) is 14.2. The highest BCUT2D eigenvalue weighted by atomic mass is 16.5. The van der Waals surface area contributed by atoms with Crippen molar-refractivity contribution in [2.45, 2.75) is 5.79 Å². The number of rotatable bonds is 2. The van der Waals surface area contributed by atoms with Gasteiger partial charge in [0.2, 0.25) is 11.6 Å². The second-order valence-corrected chi connectivity index (χ2v) is 4.88. The number of ketones is 2. The van der Waals surface area contributed by atoms with Gasteiger partial charge in [0.1, 0.15) is 0 Å². The largest absolute Gasteiger partial charge is 0.353 e. The van der Waals surface area contributed by atoms with E-state index in [9.17, 15) is 19.8 Å². The van der Waals surface area contributed by atoms with E-state index in [4.69, 9.17) is 0 Å². The second kappa shape index (κ2) is 4.77. The lowest BCUT2D eigenvalue weighted by Gasteiger charge is -2.08. The van der Waals surface area contributed by atoms with Crippen molar-refractivity contribution in [3.63, 3.8) is 0 Å². The lowest BCUT2D eigenvalue weighted by atomic mass is 10.0. The molecule has 4 nitrogen and oxygen atoms in total. The maximum absolute atomic E-state index is 11.8. The van der Waals surface area contributed by atoms with Crippen LogP contribution in [0.1, 0.15) is 31.8 Å². The summed E-state index contributed by atoms with van der Waals surface area (Å²) >= 11 is 0. The number of hydrogen-bond acceptors (Lipinski definition) is 4. The molecule has 0 saturated heterocycles. The standard InChI is InChI=1S/C17H12O4/c18-15-13-9-8-12(7-6-11-4-2-1-3-5-11)10-14(13)16(19)17(15,20)21/h1-10,20-21H/b7-6+. The van der Waals surface area contributed by atoms with Crippen LogP contribution < -0.4 is 0 Å². The van der Waals surface area contributed by atoms with Gasteiger partial charge in [0.05, 0.1) is 0 Å². The summed E-state index contributed by atoms with van der Waals surface area (Å²) in [7, 11) is 0. The van der Waals surface area contributed by atoms with Crippen LogP contribution in [-0.2, 0) is 0 Å². The maximum Gasteiger partial charge on any atom is 0.295 e. The summed E-state index contributed by atoms with van der Waals surface area (Å²) in [6.07, 6.45) is 3.66. The number of Topliss-reactive ketones (excluding diaryl/α,β-unsaturated/α-hetero) is 2. The first kappa shape index (κ1) is 13.4. The number of hydrogen-bond donors (Lipinski definition) is 2. The van der Waals surface area contributed by atoms with Crippen molar-refractivity contribution in [2.24, 2.45) is 0 Å². The van der Waals surface area contributed by atoms with E-state index < -0.39 is 17.4 Å². The Labute approximate surface area is 121 Å². The average molecular weight is 280 g/mol. The highest BCUT2D eigenvalue weighted by Crippen LogP contribution is 2.29. The van der Waals surface area contributed by atoms with Crippen LogP contribution in [0, 0.1) is 0 Å². The number of fused-ring (bicyclic) bond motifs is 1. The molecule has 0 saturated carbocycles. The Bertz CT molecular complexity index is 758. The van der Waals surface area contributed by atoms with E-state index in [1.165, 1.54) is 12.1 Å². The van der Waals surface area contributed by atoms with Crippen LogP contribution in [0.15, 0.2) is 48.5 Å². The minimum Gasteiger partial charge on any atom is -0.353 e. The normalized spacial score (nSPS) is 16.5.